The number of pyridine rings is 1. The number of benzene rings is 1. The lowest BCUT2D eigenvalue weighted by molar-refractivity contribution is -0.119. The van der Waals surface area contributed by atoms with Gasteiger partial charge in [0.05, 0.1) is 17.3 Å². The molecule has 2 N–H and O–H groups in total. The Morgan fingerprint density at radius 2 is 1.89 bits per heavy atom. The average molecular weight is 276 g/mol. The normalized spacial score (nSPS) is 9.95. The van der Waals surface area contributed by atoms with E-state index in [-0.39, 0.29) is 12.5 Å². The van der Waals surface area contributed by atoms with Crippen molar-refractivity contribution in [3.63, 3.8) is 0 Å². The van der Waals surface area contributed by atoms with Crippen molar-refractivity contribution in [3.8, 4) is 0 Å². The molecule has 0 fully saturated rings. The summed E-state index contributed by atoms with van der Waals surface area (Å²) in [5.41, 5.74) is 1.77. The van der Waals surface area contributed by atoms with E-state index in [0.717, 1.165) is 11.3 Å². The van der Waals surface area contributed by atoms with Crippen molar-refractivity contribution in [3.05, 3.63) is 59.4 Å². The number of para-hydroxylation sites is 1. The lowest BCUT2D eigenvalue weighted by atomic mass is 10.3. The zero-order valence-electron chi connectivity index (χ0n) is 10.3. The van der Waals surface area contributed by atoms with E-state index < -0.39 is 0 Å². The molecule has 0 aliphatic rings. The summed E-state index contributed by atoms with van der Waals surface area (Å²) in [5.74, 6) is -0.0864. The van der Waals surface area contributed by atoms with Crippen LogP contribution in [-0.4, -0.2) is 17.4 Å². The van der Waals surface area contributed by atoms with Crippen LogP contribution in [0.1, 0.15) is 5.56 Å². The zero-order chi connectivity index (χ0) is 13.5. The van der Waals surface area contributed by atoms with Crippen LogP contribution in [0, 0.1) is 0 Å². The summed E-state index contributed by atoms with van der Waals surface area (Å²) in [5, 5.41) is 6.41. The molecular formula is C14H14ClN3O. The lowest BCUT2D eigenvalue weighted by Gasteiger charge is -2.08. The summed E-state index contributed by atoms with van der Waals surface area (Å²) in [6.45, 7) is 0.681. The van der Waals surface area contributed by atoms with Crippen LogP contribution < -0.4 is 10.6 Å². The second-order valence-electron chi connectivity index (χ2n) is 3.97. The minimum absolute atomic E-state index is 0.0864. The number of anilines is 1. The van der Waals surface area contributed by atoms with Crippen LogP contribution in [0.25, 0.3) is 0 Å². The van der Waals surface area contributed by atoms with Gasteiger partial charge >= 0.3 is 0 Å². The third-order valence-corrected chi connectivity index (χ3v) is 2.88. The first-order chi connectivity index (χ1) is 9.25. The highest BCUT2D eigenvalue weighted by Gasteiger charge is 2.03. The molecule has 1 aromatic heterocycles. The summed E-state index contributed by atoms with van der Waals surface area (Å²) in [4.78, 5) is 15.6. The highest BCUT2D eigenvalue weighted by Crippen LogP contribution is 2.19. The standard InChI is InChI=1S/C14H14ClN3O/c15-12-3-1-2-4-13(12)17-10-14(19)18-9-11-5-7-16-8-6-11/h1-8,17H,9-10H2,(H,18,19). The van der Waals surface area contributed by atoms with Gasteiger partial charge in [0.1, 0.15) is 0 Å². The van der Waals surface area contributed by atoms with E-state index in [1.54, 1.807) is 18.5 Å². The Hall–Kier alpha value is -2.07. The van der Waals surface area contributed by atoms with Crippen LogP contribution >= 0.6 is 11.6 Å². The van der Waals surface area contributed by atoms with Crippen molar-refractivity contribution in [1.29, 1.82) is 0 Å². The first-order valence-corrected chi connectivity index (χ1v) is 6.27. The maximum Gasteiger partial charge on any atom is 0.239 e. The van der Waals surface area contributed by atoms with E-state index in [9.17, 15) is 4.79 Å². The van der Waals surface area contributed by atoms with Gasteiger partial charge in [0.2, 0.25) is 5.91 Å². The third kappa shape index (κ3) is 4.26. The van der Waals surface area contributed by atoms with E-state index >= 15 is 0 Å². The predicted molar refractivity (Wildman–Crippen MR) is 76.0 cm³/mol. The van der Waals surface area contributed by atoms with Crippen LogP contribution in [0.3, 0.4) is 0 Å². The molecule has 0 aliphatic heterocycles. The molecule has 1 aromatic carbocycles. The van der Waals surface area contributed by atoms with Gasteiger partial charge in [0.15, 0.2) is 0 Å². The number of halogens is 1. The Balaban J connectivity index is 1.78. The number of nitrogens with zero attached hydrogens (tertiary/aromatic N) is 1. The molecule has 98 valence electrons. The zero-order valence-corrected chi connectivity index (χ0v) is 11.0. The van der Waals surface area contributed by atoms with E-state index in [1.165, 1.54) is 0 Å². The molecular weight excluding hydrogens is 262 g/mol. The molecule has 19 heavy (non-hydrogen) atoms. The van der Waals surface area contributed by atoms with Crippen molar-refractivity contribution < 1.29 is 4.79 Å². The van der Waals surface area contributed by atoms with Gasteiger partial charge in [-0.05, 0) is 29.8 Å². The average Bonchev–Trinajstić information content (AvgIpc) is 2.45. The fraction of sp³-hybridized carbons (Fsp3) is 0.143. The molecule has 1 amide bonds. The number of hydrogen-bond acceptors (Lipinski definition) is 3. The van der Waals surface area contributed by atoms with Crippen LogP contribution in [-0.2, 0) is 11.3 Å². The number of nitrogens with one attached hydrogen (secondary N) is 2. The first kappa shape index (κ1) is 13.4. The molecule has 2 aromatic rings. The quantitative estimate of drug-likeness (QED) is 0.881. The number of amides is 1. The molecule has 0 saturated carbocycles. The Bertz CT molecular complexity index is 545. The van der Waals surface area contributed by atoms with Gasteiger partial charge in [-0.15, -0.1) is 0 Å². The fourth-order valence-electron chi connectivity index (χ4n) is 1.54. The smallest absolute Gasteiger partial charge is 0.239 e. The second-order valence-corrected chi connectivity index (χ2v) is 4.37. The van der Waals surface area contributed by atoms with Crippen molar-refractivity contribution in [2.45, 2.75) is 6.54 Å². The Kier molecular flexibility index (Phi) is 4.75. The number of hydrogen-bond donors (Lipinski definition) is 2. The van der Waals surface area contributed by atoms with E-state index in [4.69, 9.17) is 11.6 Å². The topological polar surface area (TPSA) is 54.0 Å². The predicted octanol–water partition coefficient (Wildman–Crippen LogP) is 2.46. The van der Waals surface area contributed by atoms with Gasteiger partial charge in [-0.2, -0.15) is 0 Å². The SMILES string of the molecule is O=C(CNc1ccccc1Cl)NCc1ccncc1. The van der Waals surface area contributed by atoms with Gasteiger partial charge in [-0.25, -0.2) is 0 Å². The number of carbonyl (C=O) groups is 1. The lowest BCUT2D eigenvalue weighted by Crippen LogP contribution is -2.29. The molecule has 0 unspecified atom stereocenters. The molecule has 0 aliphatic carbocycles. The van der Waals surface area contributed by atoms with E-state index in [1.807, 2.05) is 30.3 Å². The van der Waals surface area contributed by atoms with Crippen LogP contribution in [0.15, 0.2) is 48.8 Å². The Labute approximate surface area is 116 Å². The van der Waals surface area contributed by atoms with Crippen molar-refractivity contribution in [2.24, 2.45) is 0 Å². The maximum absolute atomic E-state index is 11.7. The van der Waals surface area contributed by atoms with Gasteiger partial charge in [-0.3, -0.25) is 9.78 Å². The molecule has 0 atom stereocenters. The highest BCUT2D eigenvalue weighted by atomic mass is 35.5. The molecule has 0 bridgehead atoms. The summed E-state index contributed by atoms with van der Waals surface area (Å²) < 4.78 is 0. The summed E-state index contributed by atoms with van der Waals surface area (Å²) >= 11 is 5.98. The third-order valence-electron chi connectivity index (χ3n) is 2.55. The second kappa shape index (κ2) is 6.75. The van der Waals surface area contributed by atoms with Gasteiger partial charge in [-0.1, -0.05) is 23.7 Å². The highest BCUT2D eigenvalue weighted by molar-refractivity contribution is 6.33. The monoisotopic (exact) mass is 275 g/mol. The first-order valence-electron chi connectivity index (χ1n) is 5.90. The molecule has 0 radical (unpaired) electrons. The minimum atomic E-state index is -0.0864. The van der Waals surface area contributed by atoms with Gasteiger partial charge in [0, 0.05) is 18.9 Å². The van der Waals surface area contributed by atoms with Crippen molar-refractivity contribution in [1.82, 2.24) is 10.3 Å². The minimum Gasteiger partial charge on any atom is -0.375 e. The molecule has 0 saturated heterocycles. The molecule has 2 rings (SSSR count). The van der Waals surface area contributed by atoms with Crippen molar-refractivity contribution >= 4 is 23.2 Å². The van der Waals surface area contributed by atoms with E-state index in [0.29, 0.717) is 11.6 Å². The number of carbonyl (C=O) groups excluding carboxylic acids is 1. The van der Waals surface area contributed by atoms with Gasteiger partial charge in [0.25, 0.3) is 0 Å². The van der Waals surface area contributed by atoms with Crippen LogP contribution in [0.5, 0.6) is 0 Å². The molecule has 5 heteroatoms. The largest absolute Gasteiger partial charge is 0.375 e. The molecule has 1 heterocycles. The van der Waals surface area contributed by atoms with Crippen LogP contribution in [0.4, 0.5) is 5.69 Å². The Morgan fingerprint density at radius 1 is 1.16 bits per heavy atom. The number of aromatic nitrogens is 1. The Morgan fingerprint density at radius 3 is 2.63 bits per heavy atom. The summed E-state index contributed by atoms with van der Waals surface area (Å²) in [6, 6.07) is 11.0. The fourth-order valence-corrected chi connectivity index (χ4v) is 1.75. The van der Waals surface area contributed by atoms with Crippen molar-refractivity contribution in [2.75, 3.05) is 11.9 Å². The summed E-state index contributed by atoms with van der Waals surface area (Å²) in [6.07, 6.45) is 3.40. The maximum atomic E-state index is 11.7. The molecule has 4 nitrogen and oxygen atoms in total. The summed E-state index contributed by atoms with van der Waals surface area (Å²) in [7, 11) is 0. The number of rotatable bonds is 5. The van der Waals surface area contributed by atoms with E-state index in [2.05, 4.69) is 15.6 Å². The van der Waals surface area contributed by atoms with Gasteiger partial charge < -0.3 is 10.6 Å². The van der Waals surface area contributed by atoms with Crippen LogP contribution in [0.2, 0.25) is 5.02 Å². The molecule has 0 spiro atoms.